The van der Waals surface area contributed by atoms with Gasteiger partial charge in [0.2, 0.25) is 5.91 Å². The zero-order chi connectivity index (χ0) is 20.4. The second kappa shape index (κ2) is 8.59. The molecule has 0 radical (unpaired) electrons. The third kappa shape index (κ3) is 3.79. The van der Waals surface area contributed by atoms with Crippen LogP contribution in [0.25, 0.3) is 16.0 Å². The predicted molar refractivity (Wildman–Crippen MR) is 120 cm³/mol. The number of benzene rings is 1. The van der Waals surface area contributed by atoms with Gasteiger partial charge < -0.3 is 9.80 Å². The summed E-state index contributed by atoms with van der Waals surface area (Å²) in [5.41, 5.74) is 1.83. The van der Waals surface area contributed by atoms with E-state index in [9.17, 15) is 4.79 Å². The molecule has 0 bridgehead atoms. The van der Waals surface area contributed by atoms with Crippen molar-refractivity contribution in [1.29, 1.82) is 0 Å². The lowest BCUT2D eigenvalue weighted by atomic mass is 9.96. The van der Waals surface area contributed by atoms with Gasteiger partial charge in [-0.1, -0.05) is 29.5 Å². The Balaban J connectivity index is 1.70. The van der Waals surface area contributed by atoms with E-state index in [0.717, 1.165) is 58.3 Å². The fourth-order valence-corrected chi connectivity index (χ4v) is 5.43. The van der Waals surface area contributed by atoms with Crippen molar-refractivity contribution in [2.75, 3.05) is 31.1 Å². The molecule has 1 saturated heterocycles. The maximum absolute atomic E-state index is 12.9. The topological polar surface area (TPSA) is 54.3 Å². The molecule has 1 aliphatic rings. The van der Waals surface area contributed by atoms with E-state index in [0.29, 0.717) is 6.54 Å². The van der Waals surface area contributed by atoms with Gasteiger partial charge in [0.15, 0.2) is 15.4 Å². The minimum atomic E-state index is 0.0119. The second-order valence-electron chi connectivity index (χ2n) is 7.18. The summed E-state index contributed by atoms with van der Waals surface area (Å²) in [6.07, 6.45) is 3.52. The summed E-state index contributed by atoms with van der Waals surface area (Å²) in [7, 11) is 0. The molecule has 29 heavy (non-hydrogen) atoms. The van der Waals surface area contributed by atoms with Crippen molar-refractivity contribution < 1.29 is 4.79 Å². The van der Waals surface area contributed by atoms with Crippen molar-refractivity contribution in [3.63, 3.8) is 0 Å². The fourth-order valence-electron chi connectivity index (χ4n) is 4.02. The van der Waals surface area contributed by atoms with Gasteiger partial charge in [0, 0.05) is 31.9 Å². The Morgan fingerprint density at radius 3 is 2.72 bits per heavy atom. The van der Waals surface area contributed by atoms with Crippen LogP contribution in [0, 0.1) is 9.87 Å². The maximum atomic E-state index is 12.9. The fraction of sp³-hybridized carbons (Fsp3) is 0.429. The summed E-state index contributed by atoms with van der Waals surface area (Å²) in [5.74, 6) is 1.15. The lowest BCUT2D eigenvalue weighted by Gasteiger charge is -2.35. The number of rotatable bonds is 5. The minimum Gasteiger partial charge on any atom is -0.354 e. The quantitative estimate of drug-likeness (QED) is 0.569. The number of aromatic nitrogens is 3. The van der Waals surface area contributed by atoms with Crippen LogP contribution in [0.2, 0.25) is 0 Å². The Hall–Kier alpha value is -2.32. The monoisotopic (exact) mass is 427 g/mol. The molecule has 8 heteroatoms. The van der Waals surface area contributed by atoms with Gasteiger partial charge in [0.05, 0.1) is 5.92 Å². The van der Waals surface area contributed by atoms with Crippen LogP contribution in [0.1, 0.15) is 26.7 Å². The van der Waals surface area contributed by atoms with Gasteiger partial charge in [0.25, 0.3) is 0 Å². The number of hydrogen-bond donors (Lipinski definition) is 0. The molecule has 4 rings (SSSR count). The number of para-hydroxylation sites is 1. The number of thiazole rings is 1. The molecule has 152 valence electrons. The molecule has 0 unspecified atom stereocenters. The van der Waals surface area contributed by atoms with Crippen LogP contribution in [-0.2, 0) is 4.79 Å². The Morgan fingerprint density at radius 1 is 1.24 bits per heavy atom. The van der Waals surface area contributed by atoms with Crippen molar-refractivity contribution in [2.45, 2.75) is 26.7 Å². The molecule has 1 fully saturated rings. The molecule has 0 saturated carbocycles. The molecule has 1 amide bonds. The van der Waals surface area contributed by atoms with Crippen LogP contribution in [0.15, 0.2) is 36.7 Å². The Morgan fingerprint density at radius 2 is 2.00 bits per heavy atom. The van der Waals surface area contributed by atoms with Crippen LogP contribution in [-0.4, -0.2) is 51.5 Å². The molecule has 0 aliphatic carbocycles. The van der Waals surface area contributed by atoms with Crippen molar-refractivity contribution in [1.82, 2.24) is 19.4 Å². The van der Waals surface area contributed by atoms with Crippen molar-refractivity contribution >= 4 is 45.6 Å². The third-order valence-corrected chi connectivity index (χ3v) is 6.87. The van der Waals surface area contributed by atoms with Crippen LogP contribution in [0.3, 0.4) is 0 Å². The van der Waals surface area contributed by atoms with Gasteiger partial charge in [-0.3, -0.25) is 9.36 Å². The molecule has 1 atom stereocenters. The van der Waals surface area contributed by atoms with Crippen LogP contribution >= 0.6 is 23.6 Å². The van der Waals surface area contributed by atoms with Gasteiger partial charge in [-0.15, -0.1) is 0 Å². The highest BCUT2D eigenvalue weighted by Gasteiger charge is 2.30. The highest BCUT2D eigenvalue weighted by Crippen LogP contribution is 2.33. The largest absolute Gasteiger partial charge is 0.354 e. The molecule has 6 nitrogen and oxygen atoms in total. The molecule has 2 aromatic heterocycles. The Bertz CT molecular complexity index is 1060. The normalized spacial score (nSPS) is 16.9. The lowest BCUT2D eigenvalue weighted by molar-refractivity contribution is -0.135. The summed E-state index contributed by atoms with van der Waals surface area (Å²) < 4.78 is 3.74. The summed E-state index contributed by atoms with van der Waals surface area (Å²) in [5, 5.41) is 0. The zero-order valence-electron chi connectivity index (χ0n) is 16.7. The highest BCUT2D eigenvalue weighted by atomic mass is 32.1. The van der Waals surface area contributed by atoms with E-state index in [4.69, 9.17) is 12.2 Å². The number of piperidine rings is 1. The first-order valence-electron chi connectivity index (χ1n) is 10.1. The van der Waals surface area contributed by atoms with E-state index >= 15 is 0 Å². The van der Waals surface area contributed by atoms with Gasteiger partial charge in [-0.2, -0.15) is 0 Å². The van der Waals surface area contributed by atoms with Crippen LogP contribution < -0.4 is 4.90 Å². The van der Waals surface area contributed by atoms with Gasteiger partial charge in [-0.25, -0.2) is 9.97 Å². The lowest BCUT2D eigenvalue weighted by Crippen LogP contribution is -2.45. The first kappa shape index (κ1) is 20.0. The molecule has 0 N–H and O–H groups in total. The number of carbonyl (C=O) groups is 1. The smallest absolute Gasteiger partial charge is 0.227 e. The first-order valence-corrected chi connectivity index (χ1v) is 11.3. The van der Waals surface area contributed by atoms with Crippen molar-refractivity contribution in [2.24, 2.45) is 5.92 Å². The Labute approximate surface area is 179 Å². The maximum Gasteiger partial charge on any atom is 0.227 e. The van der Waals surface area contributed by atoms with Crippen molar-refractivity contribution in [3.05, 3.63) is 40.6 Å². The number of anilines is 1. The van der Waals surface area contributed by atoms with E-state index in [1.807, 2.05) is 53.6 Å². The number of nitrogens with zero attached hydrogens (tertiary/aromatic N) is 5. The average molecular weight is 428 g/mol. The van der Waals surface area contributed by atoms with E-state index < -0.39 is 0 Å². The molecule has 1 aliphatic heterocycles. The average Bonchev–Trinajstić information content (AvgIpc) is 3.11. The standard InChI is InChI=1S/C21H25N5OS2/c1-3-24(4-2)20(27)15-9-8-12-25(13-15)18-17-19(23-14-22-18)26(21(28)29-17)16-10-6-5-7-11-16/h5-7,10-11,14-15H,3-4,8-9,12-13H2,1-2H3/t15-/m1/s1. The minimum absolute atomic E-state index is 0.0119. The van der Waals surface area contributed by atoms with Crippen LogP contribution in [0.5, 0.6) is 0 Å². The number of fused-ring (bicyclic) bond motifs is 1. The van der Waals surface area contributed by atoms with E-state index in [1.54, 1.807) is 6.33 Å². The summed E-state index contributed by atoms with van der Waals surface area (Å²) >= 11 is 7.20. The second-order valence-corrected chi connectivity index (χ2v) is 8.83. The first-order chi connectivity index (χ1) is 14.1. The molecular weight excluding hydrogens is 402 g/mol. The number of carbonyl (C=O) groups excluding carboxylic acids is 1. The predicted octanol–water partition coefficient (Wildman–Crippen LogP) is 4.30. The molecule has 3 aromatic rings. The number of amides is 1. The van der Waals surface area contributed by atoms with Gasteiger partial charge >= 0.3 is 0 Å². The zero-order valence-corrected chi connectivity index (χ0v) is 18.4. The van der Waals surface area contributed by atoms with Gasteiger partial charge in [-0.05, 0) is 51.0 Å². The molecule has 0 spiro atoms. The van der Waals surface area contributed by atoms with Gasteiger partial charge in [0.1, 0.15) is 11.0 Å². The van der Waals surface area contributed by atoms with E-state index in [1.165, 1.54) is 11.3 Å². The SMILES string of the molecule is CCN(CC)C(=O)[C@@H]1CCCN(c2ncnc3c2sc(=S)n3-c2ccccc2)C1. The van der Waals surface area contributed by atoms with E-state index in [2.05, 4.69) is 14.9 Å². The summed E-state index contributed by atoms with van der Waals surface area (Å²) in [6, 6.07) is 10.0. The molecule has 3 heterocycles. The molecular formula is C21H25N5OS2. The third-order valence-electron chi connectivity index (χ3n) is 5.51. The van der Waals surface area contributed by atoms with E-state index in [-0.39, 0.29) is 11.8 Å². The highest BCUT2D eigenvalue weighted by molar-refractivity contribution is 7.73. The summed E-state index contributed by atoms with van der Waals surface area (Å²) in [4.78, 5) is 26.2. The molecule has 1 aromatic carbocycles. The number of hydrogen-bond acceptors (Lipinski definition) is 6. The Kier molecular flexibility index (Phi) is 5.91. The summed E-state index contributed by atoms with van der Waals surface area (Å²) in [6.45, 7) is 7.17. The van der Waals surface area contributed by atoms with Crippen LogP contribution in [0.4, 0.5) is 5.82 Å². The van der Waals surface area contributed by atoms with Crippen molar-refractivity contribution in [3.8, 4) is 5.69 Å².